The molecule has 0 atom stereocenters. The zero-order chi connectivity index (χ0) is 22.1. The van der Waals surface area contributed by atoms with Gasteiger partial charge in [0.1, 0.15) is 12.1 Å². The van der Waals surface area contributed by atoms with Crippen LogP contribution >= 0.6 is 0 Å². The maximum atomic E-state index is 12.8. The van der Waals surface area contributed by atoms with Gasteiger partial charge in [-0.1, -0.05) is 0 Å². The van der Waals surface area contributed by atoms with Crippen LogP contribution in [0.4, 0.5) is 11.5 Å². The first-order chi connectivity index (χ1) is 15.6. The van der Waals surface area contributed by atoms with E-state index in [9.17, 15) is 9.59 Å². The highest BCUT2D eigenvalue weighted by atomic mass is 16.5. The van der Waals surface area contributed by atoms with Gasteiger partial charge in [-0.2, -0.15) is 5.10 Å². The molecule has 1 saturated heterocycles. The van der Waals surface area contributed by atoms with E-state index in [0.717, 1.165) is 31.5 Å². The lowest BCUT2D eigenvalue weighted by atomic mass is 10.1. The Balaban J connectivity index is 1.33. The summed E-state index contributed by atoms with van der Waals surface area (Å²) in [5, 5.41) is 10.3. The van der Waals surface area contributed by atoms with Gasteiger partial charge >= 0.3 is 0 Å². The van der Waals surface area contributed by atoms with Gasteiger partial charge in [0.25, 0.3) is 11.8 Å². The van der Waals surface area contributed by atoms with E-state index >= 15 is 0 Å². The van der Waals surface area contributed by atoms with Crippen molar-refractivity contribution >= 4 is 23.3 Å². The Morgan fingerprint density at radius 1 is 1.19 bits per heavy atom. The Bertz CT molecular complexity index is 1140. The molecule has 1 aliphatic carbocycles. The summed E-state index contributed by atoms with van der Waals surface area (Å²) in [6.45, 7) is 1.24. The van der Waals surface area contributed by atoms with Crippen LogP contribution in [0, 0.1) is 0 Å². The summed E-state index contributed by atoms with van der Waals surface area (Å²) in [4.78, 5) is 33.2. The van der Waals surface area contributed by atoms with Crippen LogP contribution in [0.15, 0.2) is 35.2 Å². The highest BCUT2D eigenvalue weighted by Gasteiger charge is 2.24. The first-order valence-electron chi connectivity index (χ1n) is 10.5. The van der Waals surface area contributed by atoms with E-state index in [2.05, 4.69) is 25.7 Å². The fourth-order valence-corrected chi connectivity index (χ4v) is 3.58. The molecule has 1 aliphatic heterocycles. The molecule has 11 heteroatoms. The van der Waals surface area contributed by atoms with Crippen LogP contribution in [0.3, 0.4) is 0 Å². The van der Waals surface area contributed by atoms with Gasteiger partial charge in [-0.15, -0.1) is 0 Å². The normalized spacial score (nSPS) is 16.6. The Morgan fingerprint density at radius 3 is 2.75 bits per heavy atom. The third kappa shape index (κ3) is 4.33. The second-order valence-corrected chi connectivity index (χ2v) is 7.92. The highest BCUT2D eigenvalue weighted by molar-refractivity contribution is 6.07. The number of rotatable bonds is 7. The summed E-state index contributed by atoms with van der Waals surface area (Å²) in [5.41, 5.74) is 6.47. The van der Waals surface area contributed by atoms with Gasteiger partial charge in [0.15, 0.2) is 11.4 Å². The molecule has 0 radical (unpaired) electrons. The summed E-state index contributed by atoms with van der Waals surface area (Å²) in [6.07, 6.45) is 8.35. The van der Waals surface area contributed by atoms with Gasteiger partial charge in [0.05, 0.1) is 11.7 Å². The molecule has 2 aliphatic rings. The molecule has 1 saturated carbocycles. The van der Waals surface area contributed by atoms with Crippen molar-refractivity contribution in [2.24, 2.45) is 5.73 Å². The predicted molar refractivity (Wildman–Crippen MR) is 114 cm³/mol. The quantitative estimate of drug-likeness (QED) is 0.509. The maximum Gasteiger partial charge on any atom is 0.277 e. The van der Waals surface area contributed by atoms with Crippen molar-refractivity contribution in [2.45, 2.75) is 37.8 Å². The number of hydrogen-bond donors (Lipinski definition) is 3. The number of primary amides is 1. The number of aromatic nitrogens is 4. The minimum absolute atomic E-state index is 0.00140. The van der Waals surface area contributed by atoms with Crippen molar-refractivity contribution in [2.75, 3.05) is 23.8 Å². The Morgan fingerprint density at radius 2 is 2.00 bits per heavy atom. The summed E-state index contributed by atoms with van der Waals surface area (Å²) >= 11 is 0. The van der Waals surface area contributed by atoms with Gasteiger partial charge in [-0.05, 0) is 37.8 Å². The molecule has 0 unspecified atom stereocenters. The second-order valence-electron chi connectivity index (χ2n) is 7.92. The van der Waals surface area contributed by atoms with Crippen LogP contribution in [0.25, 0.3) is 11.5 Å². The first-order valence-corrected chi connectivity index (χ1v) is 10.5. The topological polar surface area (TPSA) is 150 Å². The Labute approximate surface area is 183 Å². The fourth-order valence-electron chi connectivity index (χ4n) is 3.58. The number of pyridine rings is 1. The van der Waals surface area contributed by atoms with E-state index in [1.165, 1.54) is 6.26 Å². The maximum absolute atomic E-state index is 12.8. The summed E-state index contributed by atoms with van der Waals surface area (Å²) in [7, 11) is 0. The van der Waals surface area contributed by atoms with Crippen molar-refractivity contribution < 1.29 is 18.7 Å². The minimum Gasteiger partial charge on any atom is -0.444 e. The number of amides is 2. The van der Waals surface area contributed by atoms with Gasteiger partial charge in [0, 0.05) is 37.2 Å². The molecular weight excluding hydrogens is 414 g/mol. The molecule has 4 heterocycles. The van der Waals surface area contributed by atoms with Crippen molar-refractivity contribution in [3.63, 3.8) is 0 Å². The molecule has 4 N–H and O–H groups in total. The number of nitrogens with one attached hydrogen (secondary N) is 2. The summed E-state index contributed by atoms with van der Waals surface area (Å²) in [6, 6.07) is 4.13. The molecule has 3 aromatic rings. The van der Waals surface area contributed by atoms with Crippen molar-refractivity contribution in [3.05, 3.63) is 42.2 Å². The smallest absolute Gasteiger partial charge is 0.277 e. The predicted octanol–water partition coefficient (Wildman–Crippen LogP) is 2.21. The lowest BCUT2D eigenvalue weighted by Gasteiger charge is -2.22. The number of carbonyl (C=O) groups is 2. The molecule has 0 bridgehead atoms. The van der Waals surface area contributed by atoms with Crippen LogP contribution in [0.2, 0.25) is 0 Å². The molecule has 32 heavy (non-hydrogen) atoms. The van der Waals surface area contributed by atoms with E-state index in [1.807, 2.05) is 6.07 Å². The first kappa shape index (κ1) is 20.2. The van der Waals surface area contributed by atoms with Crippen LogP contribution in [-0.4, -0.2) is 50.8 Å². The number of nitrogens with zero attached hydrogens (tertiary/aromatic N) is 4. The van der Waals surface area contributed by atoms with E-state index in [0.29, 0.717) is 30.7 Å². The average molecular weight is 437 g/mol. The monoisotopic (exact) mass is 437 g/mol. The van der Waals surface area contributed by atoms with Crippen molar-refractivity contribution in [1.82, 2.24) is 19.7 Å². The number of ether oxygens (including phenoxy) is 1. The zero-order valence-electron chi connectivity index (χ0n) is 17.3. The molecule has 5 rings (SSSR count). The van der Waals surface area contributed by atoms with E-state index in [1.54, 1.807) is 23.1 Å². The van der Waals surface area contributed by atoms with Gasteiger partial charge in [0.2, 0.25) is 5.89 Å². The van der Waals surface area contributed by atoms with E-state index in [-0.39, 0.29) is 23.1 Å². The third-order valence-electron chi connectivity index (χ3n) is 5.45. The summed E-state index contributed by atoms with van der Waals surface area (Å²) < 4.78 is 12.5. The molecule has 3 aromatic heterocycles. The van der Waals surface area contributed by atoms with E-state index in [4.69, 9.17) is 14.9 Å². The van der Waals surface area contributed by atoms with Crippen LogP contribution in [-0.2, 0) is 4.74 Å². The molecular formula is C21H23N7O4. The Kier molecular flexibility index (Phi) is 5.31. The van der Waals surface area contributed by atoms with Gasteiger partial charge in [-0.25, -0.2) is 9.97 Å². The molecule has 11 nitrogen and oxygen atoms in total. The lowest BCUT2D eigenvalue weighted by molar-refractivity contribution is 0.0661. The SMILES string of the molecule is NC(=O)c1nn(C2CCOCC2)cc1NC(=O)c1coc(-c2ccnc(NC3CC3)c2)n1. The number of oxazole rings is 1. The fraction of sp³-hybridized carbons (Fsp3) is 0.381. The number of carbonyl (C=O) groups excluding carboxylic acids is 2. The van der Waals surface area contributed by atoms with E-state index < -0.39 is 11.8 Å². The standard InChI is InChI=1S/C21H23N7O4/c22-19(29)18-15(10-28(27-18)14-4-7-31-8-5-14)25-20(30)16-11-32-21(26-16)12-3-6-23-17(9-12)24-13-1-2-13/h3,6,9-11,13-14H,1-2,4-5,7-8H2,(H2,22,29)(H,23,24)(H,25,30). The average Bonchev–Trinajstić information content (AvgIpc) is 3.30. The minimum atomic E-state index is -0.723. The van der Waals surface area contributed by atoms with Crippen LogP contribution in [0.5, 0.6) is 0 Å². The molecule has 2 fully saturated rings. The zero-order valence-corrected chi connectivity index (χ0v) is 17.3. The molecule has 2 amide bonds. The summed E-state index contributed by atoms with van der Waals surface area (Å²) in [5.74, 6) is -0.218. The van der Waals surface area contributed by atoms with Crippen molar-refractivity contribution in [3.8, 4) is 11.5 Å². The van der Waals surface area contributed by atoms with Gasteiger partial charge in [-0.3, -0.25) is 14.3 Å². The third-order valence-corrected chi connectivity index (χ3v) is 5.45. The number of nitrogens with two attached hydrogens (primary N) is 1. The van der Waals surface area contributed by atoms with Crippen LogP contribution < -0.4 is 16.4 Å². The van der Waals surface area contributed by atoms with Crippen molar-refractivity contribution in [1.29, 1.82) is 0 Å². The highest BCUT2D eigenvalue weighted by Crippen LogP contribution is 2.27. The van der Waals surface area contributed by atoms with Crippen LogP contribution in [0.1, 0.15) is 52.7 Å². The molecule has 0 spiro atoms. The molecule has 0 aromatic carbocycles. The number of anilines is 2. The lowest BCUT2D eigenvalue weighted by Crippen LogP contribution is -2.21. The van der Waals surface area contributed by atoms with Gasteiger partial charge < -0.3 is 25.5 Å². The largest absolute Gasteiger partial charge is 0.444 e. The Hall–Kier alpha value is -3.73. The second kappa shape index (κ2) is 8.42. The number of hydrogen-bond acceptors (Lipinski definition) is 8. The molecule has 166 valence electrons.